The average Bonchev–Trinajstić information content (AvgIpc) is 1.79. The van der Waals surface area contributed by atoms with Gasteiger partial charge in [-0.2, -0.15) is 0 Å². The van der Waals surface area contributed by atoms with Crippen molar-refractivity contribution in [3.05, 3.63) is 35.8 Å². The molecule has 0 saturated heterocycles. The van der Waals surface area contributed by atoms with Crippen LogP contribution in [-0.2, 0) is 0 Å². The molecule has 0 saturated carbocycles. The molecule has 1 atom stereocenters. The van der Waals surface area contributed by atoms with Gasteiger partial charge in [0.05, 0.1) is 0 Å². The fourth-order valence-corrected chi connectivity index (χ4v) is 0.706. The van der Waals surface area contributed by atoms with Crippen molar-refractivity contribution < 1.29 is 0 Å². The van der Waals surface area contributed by atoms with Gasteiger partial charge >= 0.3 is 0 Å². The topological polar surface area (TPSA) is 0 Å². The SMILES string of the molecule is CC1C=C=CC=C=CC1. The van der Waals surface area contributed by atoms with Crippen molar-refractivity contribution in [2.75, 3.05) is 0 Å². The fourth-order valence-electron chi connectivity index (χ4n) is 0.706. The van der Waals surface area contributed by atoms with Crippen LogP contribution in [0, 0.1) is 5.92 Å². The molecule has 0 aliphatic heterocycles. The highest BCUT2D eigenvalue weighted by Crippen LogP contribution is 2.03. The Morgan fingerprint density at radius 3 is 3.00 bits per heavy atom. The Morgan fingerprint density at radius 2 is 2.11 bits per heavy atom. The third-order valence-corrected chi connectivity index (χ3v) is 1.26. The number of hydrogen-bond acceptors (Lipinski definition) is 0. The third-order valence-electron chi connectivity index (χ3n) is 1.26. The molecule has 0 aromatic carbocycles. The van der Waals surface area contributed by atoms with E-state index in [0.717, 1.165) is 6.42 Å². The normalized spacial score (nSPS) is 23.9. The summed E-state index contributed by atoms with van der Waals surface area (Å²) < 4.78 is 0. The number of allylic oxidation sites excluding steroid dienone is 2. The molecule has 0 spiro atoms. The fraction of sp³-hybridized carbons (Fsp3) is 0.333. The highest BCUT2D eigenvalue weighted by molar-refractivity contribution is 5.06. The maximum Gasteiger partial charge on any atom is -0.0126 e. The molecule has 0 heteroatoms. The van der Waals surface area contributed by atoms with E-state index in [2.05, 4.69) is 30.5 Å². The van der Waals surface area contributed by atoms with E-state index in [1.807, 2.05) is 12.2 Å². The highest BCUT2D eigenvalue weighted by Gasteiger charge is 1.90. The molecule has 0 amide bonds. The van der Waals surface area contributed by atoms with Crippen LogP contribution >= 0.6 is 0 Å². The zero-order valence-electron chi connectivity index (χ0n) is 5.59. The monoisotopic (exact) mass is 118 g/mol. The van der Waals surface area contributed by atoms with E-state index in [1.165, 1.54) is 0 Å². The van der Waals surface area contributed by atoms with Gasteiger partial charge in [0.25, 0.3) is 0 Å². The summed E-state index contributed by atoms with van der Waals surface area (Å²) in [4.78, 5) is 0. The Labute approximate surface area is 55.9 Å². The Kier molecular flexibility index (Phi) is 2.15. The summed E-state index contributed by atoms with van der Waals surface area (Å²) in [5.74, 6) is 0.613. The zero-order chi connectivity index (χ0) is 6.53. The van der Waals surface area contributed by atoms with Crippen molar-refractivity contribution in [2.24, 2.45) is 5.92 Å². The summed E-state index contributed by atoms with van der Waals surface area (Å²) in [6.45, 7) is 2.17. The van der Waals surface area contributed by atoms with E-state index in [4.69, 9.17) is 0 Å². The Hall–Kier alpha value is -0.960. The van der Waals surface area contributed by atoms with Gasteiger partial charge in [-0.1, -0.05) is 6.92 Å². The minimum atomic E-state index is 0.613. The molecular weight excluding hydrogens is 108 g/mol. The van der Waals surface area contributed by atoms with Crippen LogP contribution in [-0.4, -0.2) is 0 Å². The molecule has 0 nitrogen and oxygen atoms in total. The van der Waals surface area contributed by atoms with Crippen LogP contribution in [0.25, 0.3) is 0 Å². The lowest BCUT2D eigenvalue weighted by molar-refractivity contribution is 0.745. The first kappa shape index (κ1) is 6.16. The lowest BCUT2D eigenvalue weighted by Gasteiger charge is -1.96. The summed E-state index contributed by atoms with van der Waals surface area (Å²) in [6.07, 6.45) is 8.97. The summed E-state index contributed by atoms with van der Waals surface area (Å²) in [5, 5.41) is 0. The Bertz CT molecular complexity index is 196. The third kappa shape index (κ3) is 2.19. The van der Waals surface area contributed by atoms with Crippen molar-refractivity contribution in [2.45, 2.75) is 13.3 Å². The van der Waals surface area contributed by atoms with Crippen molar-refractivity contribution in [1.29, 1.82) is 0 Å². The van der Waals surface area contributed by atoms with Gasteiger partial charge in [-0.15, -0.1) is 11.5 Å². The standard InChI is InChI=1S/C9H10/c1-9-7-5-3-2-4-6-8-9/h2-3,6-7,9H,8H2,1H3. The molecule has 0 N–H and O–H groups in total. The molecule has 0 radical (unpaired) electrons. The number of rotatable bonds is 0. The van der Waals surface area contributed by atoms with E-state index in [0.29, 0.717) is 5.92 Å². The molecule has 46 valence electrons. The predicted octanol–water partition coefficient (Wildman–Crippen LogP) is 2.45. The second kappa shape index (κ2) is 3.14. The maximum atomic E-state index is 3.05. The second-order valence-electron chi connectivity index (χ2n) is 2.25. The molecule has 0 aromatic heterocycles. The summed E-state index contributed by atoms with van der Waals surface area (Å²) in [7, 11) is 0. The average molecular weight is 118 g/mol. The zero-order valence-corrected chi connectivity index (χ0v) is 5.59. The maximum absolute atomic E-state index is 3.05. The smallest absolute Gasteiger partial charge is 0.0126 e. The van der Waals surface area contributed by atoms with Crippen LogP contribution in [0.2, 0.25) is 0 Å². The summed E-state index contributed by atoms with van der Waals surface area (Å²) in [6, 6.07) is 0. The van der Waals surface area contributed by atoms with Gasteiger partial charge in [-0.3, -0.25) is 0 Å². The van der Waals surface area contributed by atoms with Crippen molar-refractivity contribution in [3.63, 3.8) is 0 Å². The van der Waals surface area contributed by atoms with Crippen LogP contribution in [0.3, 0.4) is 0 Å². The van der Waals surface area contributed by atoms with Gasteiger partial charge < -0.3 is 0 Å². The van der Waals surface area contributed by atoms with Gasteiger partial charge in [0.2, 0.25) is 0 Å². The summed E-state index contributed by atoms with van der Waals surface area (Å²) in [5.41, 5.74) is 6.08. The predicted molar refractivity (Wildman–Crippen MR) is 39.1 cm³/mol. The van der Waals surface area contributed by atoms with Crippen LogP contribution in [0.15, 0.2) is 35.8 Å². The van der Waals surface area contributed by atoms with E-state index >= 15 is 0 Å². The van der Waals surface area contributed by atoms with E-state index in [9.17, 15) is 0 Å². The Balaban J connectivity index is 2.77. The van der Waals surface area contributed by atoms with Gasteiger partial charge in [0.15, 0.2) is 0 Å². The van der Waals surface area contributed by atoms with E-state index in [1.54, 1.807) is 0 Å². The minimum absolute atomic E-state index is 0.613. The number of hydrogen-bond donors (Lipinski definition) is 0. The second-order valence-corrected chi connectivity index (χ2v) is 2.25. The van der Waals surface area contributed by atoms with Crippen LogP contribution in [0.4, 0.5) is 0 Å². The molecule has 1 rings (SSSR count). The van der Waals surface area contributed by atoms with Crippen molar-refractivity contribution in [1.82, 2.24) is 0 Å². The summed E-state index contributed by atoms with van der Waals surface area (Å²) >= 11 is 0. The minimum Gasteiger partial charge on any atom is -0.125 e. The largest absolute Gasteiger partial charge is 0.125 e. The Morgan fingerprint density at radius 1 is 1.33 bits per heavy atom. The molecule has 1 aliphatic rings. The quantitative estimate of drug-likeness (QED) is 0.428. The lowest BCUT2D eigenvalue weighted by atomic mass is 10.1. The highest BCUT2D eigenvalue weighted by atomic mass is 13.9. The van der Waals surface area contributed by atoms with Crippen LogP contribution < -0.4 is 0 Å². The van der Waals surface area contributed by atoms with Crippen molar-refractivity contribution in [3.8, 4) is 0 Å². The van der Waals surface area contributed by atoms with Crippen molar-refractivity contribution >= 4 is 0 Å². The molecule has 1 unspecified atom stereocenters. The van der Waals surface area contributed by atoms with Gasteiger partial charge in [0, 0.05) is 0 Å². The first-order valence-electron chi connectivity index (χ1n) is 3.22. The first-order chi connectivity index (χ1) is 4.39. The first-order valence-corrected chi connectivity index (χ1v) is 3.22. The van der Waals surface area contributed by atoms with Gasteiger partial charge in [0.1, 0.15) is 0 Å². The van der Waals surface area contributed by atoms with Gasteiger partial charge in [-0.05, 0) is 36.6 Å². The molecule has 1 aliphatic carbocycles. The molecule has 0 aromatic rings. The molecule has 0 fully saturated rings. The lowest BCUT2D eigenvalue weighted by Crippen LogP contribution is -1.83. The molecule has 0 bridgehead atoms. The van der Waals surface area contributed by atoms with Gasteiger partial charge in [-0.25, -0.2) is 0 Å². The van der Waals surface area contributed by atoms with Crippen LogP contribution in [0.1, 0.15) is 13.3 Å². The molecular formula is C9H10. The molecule has 0 heterocycles. The molecule has 9 heavy (non-hydrogen) atoms. The van der Waals surface area contributed by atoms with Crippen LogP contribution in [0.5, 0.6) is 0 Å². The van der Waals surface area contributed by atoms with E-state index < -0.39 is 0 Å². The van der Waals surface area contributed by atoms with E-state index in [-0.39, 0.29) is 0 Å².